The molecule has 3 aromatic rings. The molecule has 25 heavy (non-hydrogen) atoms. The summed E-state index contributed by atoms with van der Waals surface area (Å²) in [6.45, 7) is 2.71. The average Bonchev–Trinajstić information content (AvgIpc) is 2.85. The van der Waals surface area contributed by atoms with Crippen LogP contribution in [0.2, 0.25) is 0 Å². The van der Waals surface area contributed by atoms with Crippen molar-refractivity contribution < 1.29 is 19.5 Å². The highest BCUT2D eigenvalue weighted by molar-refractivity contribution is 9.10. The molecular weight excluding hydrogens is 386 g/mol. The molecule has 0 fully saturated rings. The number of Topliss-reactive ketones (excluding diaryl/α,β-unsaturated/α-hetero) is 1. The molecule has 6 heteroatoms. The van der Waals surface area contributed by atoms with Gasteiger partial charge in [-0.15, -0.1) is 0 Å². The molecule has 3 rings (SSSR count). The van der Waals surface area contributed by atoms with Crippen LogP contribution < -0.4 is 0 Å². The van der Waals surface area contributed by atoms with Crippen LogP contribution in [0.25, 0.3) is 10.9 Å². The number of nitrogens with zero attached hydrogens (tertiary/aromatic N) is 1. The Bertz CT molecular complexity index is 1030. The number of hydrogen-bond donors (Lipinski definition) is 1. The van der Waals surface area contributed by atoms with E-state index in [0.717, 1.165) is 9.04 Å². The molecule has 5 nitrogen and oxygen atoms in total. The van der Waals surface area contributed by atoms with Crippen LogP contribution in [0.5, 0.6) is 5.88 Å². The SMILES string of the molecule is CC(=O)c1ccc2c(c1)c(C(=O)c1ccc(Br)cc1)c(O)n2C(C)=O. The van der Waals surface area contributed by atoms with Crippen LogP contribution in [-0.4, -0.2) is 27.1 Å². The average molecular weight is 400 g/mol. The first-order valence-corrected chi connectivity index (χ1v) is 8.30. The highest BCUT2D eigenvalue weighted by atomic mass is 79.9. The predicted molar refractivity (Wildman–Crippen MR) is 97.5 cm³/mol. The maximum Gasteiger partial charge on any atom is 0.230 e. The fraction of sp³-hybridized carbons (Fsp3) is 0.105. The van der Waals surface area contributed by atoms with Gasteiger partial charge in [-0.1, -0.05) is 15.9 Å². The van der Waals surface area contributed by atoms with E-state index in [9.17, 15) is 19.5 Å². The number of hydrogen-bond acceptors (Lipinski definition) is 4. The van der Waals surface area contributed by atoms with Gasteiger partial charge in [0.15, 0.2) is 11.6 Å². The summed E-state index contributed by atoms with van der Waals surface area (Å²) in [6.07, 6.45) is 0. The number of benzene rings is 2. The predicted octanol–water partition coefficient (Wildman–Crippen LogP) is 4.20. The van der Waals surface area contributed by atoms with Gasteiger partial charge in [-0.25, -0.2) is 0 Å². The lowest BCUT2D eigenvalue weighted by molar-refractivity contribution is 0.0932. The van der Waals surface area contributed by atoms with E-state index in [0.29, 0.717) is 22.0 Å². The van der Waals surface area contributed by atoms with Gasteiger partial charge >= 0.3 is 0 Å². The van der Waals surface area contributed by atoms with Crippen LogP contribution in [0.4, 0.5) is 0 Å². The summed E-state index contributed by atoms with van der Waals surface area (Å²) in [5.41, 5.74) is 1.17. The molecule has 0 amide bonds. The third-order valence-corrected chi connectivity index (χ3v) is 4.53. The highest BCUT2D eigenvalue weighted by Gasteiger charge is 2.25. The van der Waals surface area contributed by atoms with Gasteiger partial charge in [-0.2, -0.15) is 0 Å². The smallest absolute Gasteiger partial charge is 0.230 e. The van der Waals surface area contributed by atoms with Gasteiger partial charge in [0.2, 0.25) is 11.8 Å². The number of carbonyl (C=O) groups excluding carboxylic acids is 3. The Morgan fingerprint density at radius 3 is 2.12 bits per heavy atom. The summed E-state index contributed by atoms with van der Waals surface area (Å²) >= 11 is 3.31. The maximum absolute atomic E-state index is 12.9. The van der Waals surface area contributed by atoms with Crippen molar-refractivity contribution in [3.05, 3.63) is 63.6 Å². The zero-order valence-electron chi connectivity index (χ0n) is 13.5. The summed E-state index contributed by atoms with van der Waals surface area (Å²) in [4.78, 5) is 36.5. The third kappa shape index (κ3) is 2.89. The van der Waals surface area contributed by atoms with Gasteiger partial charge in [0.25, 0.3) is 0 Å². The molecule has 0 bridgehead atoms. The molecule has 0 aliphatic heterocycles. The molecule has 0 unspecified atom stereocenters. The zero-order valence-corrected chi connectivity index (χ0v) is 15.1. The van der Waals surface area contributed by atoms with Gasteiger partial charge in [0.1, 0.15) is 0 Å². The topological polar surface area (TPSA) is 76.4 Å². The monoisotopic (exact) mass is 399 g/mol. The van der Waals surface area contributed by atoms with Crippen LogP contribution in [0.3, 0.4) is 0 Å². The fourth-order valence-electron chi connectivity index (χ4n) is 2.78. The molecule has 0 aliphatic rings. The Morgan fingerprint density at radius 1 is 0.960 bits per heavy atom. The molecule has 0 saturated carbocycles. The minimum atomic E-state index is -0.423. The largest absolute Gasteiger partial charge is 0.494 e. The molecule has 0 radical (unpaired) electrons. The van der Waals surface area contributed by atoms with E-state index >= 15 is 0 Å². The second-order valence-corrected chi connectivity index (χ2v) is 6.59. The first kappa shape index (κ1) is 17.1. The first-order chi connectivity index (χ1) is 11.8. The molecule has 0 atom stereocenters. The standard InChI is InChI=1S/C19H14BrNO4/c1-10(22)13-5-8-16-15(9-13)17(19(25)21(16)11(2)23)18(24)12-3-6-14(20)7-4-12/h3-9,25H,1-2H3. The number of carbonyl (C=O) groups is 3. The number of aromatic nitrogens is 1. The third-order valence-electron chi connectivity index (χ3n) is 4.00. The summed E-state index contributed by atoms with van der Waals surface area (Å²) in [5.74, 6) is -1.43. The molecule has 0 spiro atoms. The molecule has 0 saturated heterocycles. The highest BCUT2D eigenvalue weighted by Crippen LogP contribution is 2.34. The lowest BCUT2D eigenvalue weighted by Gasteiger charge is -2.02. The van der Waals surface area contributed by atoms with E-state index in [4.69, 9.17) is 0 Å². The Morgan fingerprint density at radius 2 is 1.56 bits per heavy atom. The minimum Gasteiger partial charge on any atom is -0.494 e. The Hall–Kier alpha value is -2.73. The maximum atomic E-state index is 12.9. The van der Waals surface area contributed by atoms with Crippen LogP contribution in [0.15, 0.2) is 46.9 Å². The van der Waals surface area contributed by atoms with Crippen molar-refractivity contribution in [2.24, 2.45) is 0 Å². The van der Waals surface area contributed by atoms with E-state index in [1.165, 1.54) is 19.9 Å². The number of rotatable bonds is 3. The lowest BCUT2D eigenvalue weighted by atomic mass is 10.0. The number of fused-ring (bicyclic) bond motifs is 1. The normalized spacial score (nSPS) is 10.8. The second kappa shape index (κ2) is 6.29. The summed E-state index contributed by atoms with van der Waals surface area (Å²) in [7, 11) is 0. The van der Waals surface area contributed by atoms with Gasteiger partial charge in [-0.3, -0.25) is 19.0 Å². The quantitative estimate of drug-likeness (QED) is 0.669. The molecule has 0 aliphatic carbocycles. The Kier molecular flexibility index (Phi) is 4.30. The second-order valence-electron chi connectivity index (χ2n) is 5.68. The molecule has 1 N–H and O–H groups in total. The van der Waals surface area contributed by atoms with E-state index in [-0.39, 0.29) is 11.3 Å². The first-order valence-electron chi connectivity index (χ1n) is 7.51. The fourth-order valence-corrected chi connectivity index (χ4v) is 3.05. The van der Waals surface area contributed by atoms with Gasteiger partial charge < -0.3 is 5.11 Å². The van der Waals surface area contributed by atoms with Crippen molar-refractivity contribution >= 4 is 44.3 Å². The van der Waals surface area contributed by atoms with Crippen molar-refractivity contribution in [2.45, 2.75) is 13.8 Å². The molecular formula is C19H14BrNO4. The summed E-state index contributed by atoms with van der Waals surface area (Å²) in [6, 6.07) is 11.3. The summed E-state index contributed by atoms with van der Waals surface area (Å²) in [5, 5.41) is 10.9. The van der Waals surface area contributed by atoms with E-state index in [1.54, 1.807) is 36.4 Å². The molecule has 2 aromatic carbocycles. The van der Waals surface area contributed by atoms with Gasteiger partial charge in [0, 0.05) is 27.9 Å². The summed E-state index contributed by atoms with van der Waals surface area (Å²) < 4.78 is 1.89. The van der Waals surface area contributed by atoms with E-state index in [1.807, 2.05) is 0 Å². The van der Waals surface area contributed by atoms with Crippen LogP contribution in [-0.2, 0) is 0 Å². The Labute approximate surface area is 152 Å². The van der Waals surface area contributed by atoms with Crippen molar-refractivity contribution in [1.82, 2.24) is 4.57 Å². The van der Waals surface area contributed by atoms with Gasteiger partial charge in [-0.05, 0) is 49.4 Å². The van der Waals surface area contributed by atoms with Crippen LogP contribution in [0, 0.1) is 0 Å². The van der Waals surface area contributed by atoms with E-state index < -0.39 is 17.6 Å². The molecule has 1 heterocycles. The molecule has 126 valence electrons. The van der Waals surface area contributed by atoms with Crippen LogP contribution in [0.1, 0.15) is 44.9 Å². The minimum absolute atomic E-state index is 0.00984. The van der Waals surface area contributed by atoms with Gasteiger partial charge in [0.05, 0.1) is 11.1 Å². The van der Waals surface area contributed by atoms with Crippen molar-refractivity contribution in [3.63, 3.8) is 0 Å². The van der Waals surface area contributed by atoms with Crippen molar-refractivity contribution in [2.75, 3.05) is 0 Å². The zero-order chi connectivity index (χ0) is 18.3. The van der Waals surface area contributed by atoms with Crippen LogP contribution >= 0.6 is 15.9 Å². The molecule has 1 aromatic heterocycles. The van der Waals surface area contributed by atoms with E-state index in [2.05, 4.69) is 15.9 Å². The number of halogens is 1. The lowest BCUT2D eigenvalue weighted by Crippen LogP contribution is -2.06. The number of ketones is 2. The van der Waals surface area contributed by atoms with Crippen molar-refractivity contribution in [1.29, 1.82) is 0 Å². The van der Waals surface area contributed by atoms with Crippen molar-refractivity contribution in [3.8, 4) is 5.88 Å². The Balaban J connectivity index is 2.32. The number of aromatic hydroxyl groups is 1.